The molecule has 2 unspecified atom stereocenters. The van der Waals surface area contributed by atoms with E-state index >= 15 is 0 Å². The van der Waals surface area contributed by atoms with Crippen molar-refractivity contribution in [3.8, 4) is 0 Å². The van der Waals surface area contributed by atoms with Crippen LogP contribution in [0.4, 0.5) is 0 Å². The number of rotatable bonds is 7. The van der Waals surface area contributed by atoms with Gasteiger partial charge in [0, 0.05) is 16.9 Å². The number of benzene rings is 1. The zero-order chi connectivity index (χ0) is 14.3. The SMILES string of the molecule is CCC(NC(=O)CCCC(C)N)c1ccc(Br)cc1. The Kier molecular flexibility index (Phi) is 7.10. The van der Waals surface area contributed by atoms with E-state index in [1.54, 1.807) is 0 Å². The average Bonchev–Trinajstić information content (AvgIpc) is 2.36. The van der Waals surface area contributed by atoms with Gasteiger partial charge >= 0.3 is 0 Å². The Morgan fingerprint density at radius 3 is 2.53 bits per heavy atom. The normalized spacial score (nSPS) is 13.9. The summed E-state index contributed by atoms with van der Waals surface area (Å²) in [6, 6.07) is 8.35. The summed E-state index contributed by atoms with van der Waals surface area (Å²) in [5.41, 5.74) is 6.82. The monoisotopic (exact) mass is 326 g/mol. The molecular weight excluding hydrogens is 304 g/mol. The Hall–Kier alpha value is -0.870. The third kappa shape index (κ3) is 6.21. The lowest BCUT2D eigenvalue weighted by atomic mass is 10.0. The van der Waals surface area contributed by atoms with Crippen LogP contribution >= 0.6 is 15.9 Å². The predicted octanol–water partition coefficient (Wildman–Crippen LogP) is 3.53. The van der Waals surface area contributed by atoms with Crippen molar-refractivity contribution in [2.45, 2.75) is 51.6 Å². The second-order valence-electron chi connectivity index (χ2n) is 4.95. The van der Waals surface area contributed by atoms with Gasteiger partial charge in [0.2, 0.25) is 5.91 Å². The van der Waals surface area contributed by atoms with Crippen LogP contribution in [-0.2, 0) is 4.79 Å². The van der Waals surface area contributed by atoms with Gasteiger partial charge < -0.3 is 11.1 Å². The summed E-state index contributed by atoms with van der Waals surface area (Å²) in [7, 11) is 0. The van der Waals surface area contributed by atoms with Crippen molar-refractivity contribution in [3.63, 3.8) is 0 Å². The lowest BCUT2D eigenvalue weighted by Crippen LogP contribution is -2.28. The molecule has 2 atom stereocenters. The Morgan fingerprint density at radius 1 is 1.37 bits per heavy atom. The van der Waals surface area contributed by atoms with Gasteiger partial charge in [-0.25, -0.2) is 0 Å². The van der Waals surface area contributed by atoms with Crippen molar-refractivity contribution in [1.29, 1.82) is 0 Å². The molecule has 0 aliphatic heterocycles. The van der Waals surface area contributed by atoms with Crippen LogP contribution in [0.1, 0.15) is 51.1 Å². The molecule has 1 aromatic rings. The van der Waals surface area contributed by atoms with Crippen molar-refractivity contribution in [2.75, 3.05) is 0 Å². The molecular formula is C15H23BrN2O. The van der Waals surface area contributed by atoms with E-state index in [4.69, 9.17) is 5.73 Å². The van der Waals surface area contributed by atoms with Crippen molar-refractivity contribution in [3.05, 3.63) is 34.3 Å². The number of hydrogen-bond donors (Lipinski definition) is 2. The van der Waals surface area contributed by atoms with Gasteiger partial charge in [-0.05, 0) is 43.9 Å². The molecule has 0 heterocycles. The maximum atomic E-state index is 11.9. The molecule has 0 aromatic heterocycles. The first-order valence-corrected chi connectivity index (χ1v) is 7.62. The highest BCUT2D eigenvalue weighted by molar-refractivity contribution is 9.10. The largest absolute Gasteiger partial charge is 0.349 e. The lowest BCUT2D eigenvalue weighted by Gasteiger charge is -2.17. The fraction of sp³-hybridized carbons (Fsp3) is 0.533. The van der Waals surface area contributed by atoms with Gasteiger partial charge in [-0.1, -0.05) is 35.0 Å². The topological polar surface area (TPSA) is 55.1 Å². The molecule has 0 fully saturated rings. The summed E-state index contributed by atoms with van der Waals surface area (Å²) in [5, 5.41) is 3.08. The molecule has 0 spiro atoms. The molecule has 0 radical (unpaired) electrons. The molecule has 1 amide bonds. The van der Waals surface area contributed by atoms with Crippen molar-refractivity contribution < 1.29 is 4.79 Å². The molecule has 0 saturated heterocycles. The van der Waals surface area contributed by atoms with Crippen LogP contribution in [0.3, 0.4) is 0 Å². The van der Waals surface area contributed by atoms with E-state index in [-0.39, 0.29) is 18.0 Å². The minimum Gasteiger partial charge on any atom is -0.349 e. The predicted molar refractivity (Wildman–Crippen MR) is 82.8 cm³/mol. The Bertz CT molecular complexity index is 390. The number of amides is 1. The molecule has 1 aromatic carbocycles. The minimum atomic E-state index is 0.0934. The zero-order valence-corrected chi connectivity index (χ0v) is 13.2. The molecule has 0 aliphatic carbocycles. The quantitative estimate of drug-likeness (QED) is 0.805. The van der Waals surface area contributed by atoms with E-state index in [0.717, 1.165) is 29.3 Å². The summed E-state index contributed by atoms with van der Waals surface area (Å²) in [6.07, 6.45) is 3.18. The molecule has 19 heavy (non-hydrogen) atoms. The first kappa shape index (κ1) is 16.2. The summed E-state index contributed by atoms with van der Waals surface area (Å²) >= 11 is 3.42. The Labute approximate surface area is 124 Å². The number of carbonyl (C=O) groups excluding carboxylic acids is 1. The molecule has 0 aliphatic rings. The van der Waals surface area contributed by atoms with E-state index in [1.165, 1.54) is 0 Å². The van der Waals surface area contributed by atoms with Crippen molar-refractivity contribution >= 4 is 21.8 Å². The highest BCUT2D eigenvalue weighted by Crippen LogP contribution is 2.19. The second kappa shape index (κ2) is 8.33. The van der Waals surface area contributed by atoms with Crippen molar-refractivity contribution in [2.24, 2.45) is 5.73 Å². The summed E-state index contributed by atoms with van der Waals surface area (Å²) in [5.74, 6) is 0.107. The van der Waals surface area contributed by atoms with Gasteiger partial charge in [0.15, 0.2) is 0 Å². The third-order valence-electron chi connectivity index (χ3n) is 3.08. The molecule has 3 N–H and O–H groups in total. The number of nitrogens with two attached hydrogens (primary N) is 1. The van der Waals surface area contributed by atoms with Gasteiger partial charge in [0.1, 0.15) is 0 Å². The standard InChI is InChI=1S/C15H23BrN2O/c1-3-14(12-7-9-13(16)10-8-12)18-15(19)6-4-5-11(2)17/h7-11,14H,3-6,17H2,1-2H3,(H,18,19). The van der Waals surface area contributed by atoms with Gasteiger partial charge in [0.25, 0.3) is 0 Å². The smallest absolute Gasteiger partial charge is 0.220 e. The average molecular weight is 327 g/mol. The van der Waals surface area contributed by atoms with Gasteiger partial charge in [-0.15, -0.1) is 0 Å². The van der Waals surface area contributed by atoms with Gasteiger partial charge in [-0.2, -0.15) is 0 Å². The van der Waals surface area contributed by atoms with Crippen LogP contribution in [-0.4, -0.2) is 11.9 Å². The minimum absolute atomic E-state index is 0.0934. The Morgan fingerprint density at radius 2 is 2.00 bits per heavy atom. The van der Waals surface area contributed by atoms with Crippen LogP contribution in [0.2, 0.25) is 0 Å². The van der Waals surface area contributed by atoms with Crippen LogP contribution in [0.5, 0.6) is 0 Å². The van der Waals surface area contributed by atoms with E-state index in [9.17, 15) is 4.79 Å². The highest BCUT2D eigenvalue weighted by atomic mass is 79.9. The summed E-state index contributed by atoms with van der Waals surface area (Å²) in [6.45, 7) is 4.05. The molecule has 1 rings (SSSR count). The number of carbonyl (C=O) groups is 1. The summed E-state index contributed by atoms with van der Waals surface area (Å²) < 4.78 is 1.05. The number of hydrogen-bond acceptors (Lipinski definition) is 2. The second-order valence-corrected chi connectivity index (χ2v) is 5.87. The third-order valence-corrected chi connectivity index (χ3v) is 3.61. The van der Waals surface area contributed by atoms with Crippen LogP contribution in [0, 0.1) is 0 Å². The van der Waals surface area contributed by atoms with E-state index < -0.39 is 0 Å². The van der Waals surface area contributed by atoms with E-state index in [0.29, 0.717) is 6.42 Å². The molecule has 106 valence electrons. The van der Waals surface area contributed by atoms with E-state index in [1.807, 2.05) is 31.2 Å². The molecule has 0 bridgehead atoms. The maximum Gasteiger partial charge on any atom is 0.220 e. The van der Waals surface area contributed by atoms with Crippen molar-refractivity contribution in [1.82, 2.24) is 5.32 Å². The molecule has 4 heteroatoms. The highest BCUT2D eigenvalue weighted by Gasteiger charge is 2.12. The number of nitrogens with one attached hydrogen (secondary N) is 1. The lowest BCUT2D eigenvalue weighted by molar-refractivity contribution is -0.122. The fourth-order valence-corrected chi connectivity index (χ4v) is 2.23. The van der Waals surface area contributed by atoms with Crippen LogP contribution < -0.4 is 11.1 Å². The van der Waals surface area contributed by atoms with Crippen LogP contribution in [0.25, 0.3) is 0 Å². The zero-order valence-electron chi connectivity index (χ0n) is 11.7. The first-order chi connectivity index (χ1) is 9.02. The number of halogens is 1. The molecule has 0 saturated carbocycles. The summed E-state index contributed by atoms with van der Waals surface area (Å²) in [4.78, 5) is 11.9. The van der Waals surface area contributed by atoms with E-state index in [2.05, 4.69) is 28.2 Å². The van der Waals surface area contributed by atoms with Crippen LogP contribution in [0.15, 0.2) is 28.7 Å². The molecule has 3 nitrogen and oxygen atoms in total. The Balaban J connectivity index is 2.47. The fourth-order valence-electron chi connectivity index (χ4n) is 1.97. The van der Waals surface area contributed by atoms with Gasteiger partial charge in [-0.3, -0.25) is 4.79 Å². The first-order valence-electron chi connectivity index (χ1n) is 6.83. The van der Waals surface area contributed by atoms with Gasteiger partial charge in [0.05, 0.1) is 6.04 Å². The maximum absolute atomic E-state index is 11.9.